The molecule has 1 aromatic carbocycles. The van der Waals surface area contributed by atoms with E-state index in [0.29, 0.717) is 11.8 Å². The number of hydrogen-bond donors (Lipinski definition) is 0. The highest BCUT2D eigenvalue weighted by atomic mass is 16.5. The normalized spacial score (nSPS) is 12.3. The third-order valence-electron chi connectivity index (χ3n) is 3.69. The molecule has 1 heteroatoms. The molecule has 0 fully saturated rings. The first-order valence-corrected chi connectivity index (χ1v) is 8.38. The van der Waals surface area contributed by atoms with Crippen molar-refractivity contribution < 1.29 is 4.74 Å². The molecule has 1 rings (SSSR count). The van der Waals surface area contributed by atoms with E-state index in [0.717, 1.165) is 25.2 Å². The van der Waals surface area contributed by atoms with Gasteiger partial charge in [-0.2, -0.15) is 0 Å². The van der Waals surface area contributed by atoms with Crippen LogP contribution >= 0.6 is 0 Å². The summed E-state index contributed by atoms with van der Waals surface area (Å²) in [5, 5.41) is 0. The van der Waals surface area contributed by atoms with Crippen molar-refractivity contribution in [2.75, 3.05) is 6.61 Å². The minimum Gasteiger partial charge on any atom is -0.493 e. The van der Waals surface area contributed by atoms with Crippen LogP contribution in [0.15, 0.2) is 12.1 Å². The predicted octanol–water partition coefficient (Wildman–Crippen LogP) is 5.92. The highest BCUT2D eigenvalue weighted by molar-refractivity contribution is 5.48. The van der Waals surface area contributed by atoms with E-state index in [-0.39, 0.29) is 5.41 Å². The van der Waals surface area contributed by atoms with Crippen molar-refractivity contribution in [1.29, 1.82) is 0 Å². The third kappa shape index (κ3) is 5.73. The number of aryl methyl sites for hydroxylation is 1. The maximum absolute atomic E-state index is 6.26. The highest BCUT2D eigenvalue weighted by Gasteiger charge is 2.22. The van der Waals surface area contributed by atoms with Gasteiger partial charge < -0.3 is 4.74 Å². The van der Waals surface area contributed by atoms with Crippen molar-refractivity contribution in [1.82, 2.24) is 0 Å². The third-order valence-corrected chi connectivity index (χ3v) is 3.69. The molecule has 0 saturated heterocycles. The fourth-order valence-electron chi connectivity index (χ4n) is 2.56. The summed E-state index contributed by atoms with van der Waals surface area (Å²) in [5.41, 5.74) is 4.18. The van der Waals surface area contributed by atoms with Crippen LogP contribution in [-0.4, -0.2) is 6.61 Å². The Morgan fingerprint density at radius 1 is 1.00 bits per heavy atom. The van der Waals surface area contributed by atoms with Crippen LogP contribution in [0.3, 0.4) is 0 Å². The Labute approximate surface area is 132 Å². The van der Waals surface area contributed by atoms with Gasteiger partial charge in [0.15, 0.2) is 0 Å². The summed E-state index contributed by atoms with van der Waals surface area (Å²) < 4.78 is 6.26. The maximum Gasteiger partial charge on any atom is 0.126 e. The molecule has 0 spiro atoms. The van der Waals surface area contributed by atoms with Gasteiger partial charge in [-0.1, -0.05) is 66.2 Å². The van der Waals surface area contributed by atoms with Gasteiger partial charge in [0.05, 0.1) is 6.61 Å². The lowest BCUT2D eigenvalue weighted by Gasteiger charge is -2.26. The van der Waals surface area contributed by atoms with E-state index in [4.69, 9.17) is 4.74 Å². The number of ether oxygens (including phenoxy) is 1. The minimum absolute atomic E-state index is 0.116. The molecule has 0 amide bonds. The van der Waals surface area contributed by atoms with E-state index < -0.39 is 0 Å². The Balaban J connectivity index is 3.18. The first-order chi connectivity index (χ1) is 9.61. The van der Waals surface area contributed by atoms with Gasteiger partial charge in [-0.3, -0.25) is 0 Å². The summed E-state index contributed by atoms with van der Waals surface area (Å²) in [6.07, 6.45) is 2.19. The molecule has 0 unspecified atom stereocenters. The average Bonchev–Trinajstić information content (AvgIpc) is 2.28. The second-order valence-electron chi connectivity index (χ2n) is 8.18. The number of benzene rings is 1. The van der Waals surface area contributed by atoms with Crippen molar-refractivity contribution in [2.45, 2.75) is 73.6 Å². The summed E-state index contributed by atoms with van der Waals surface area (Å²) in [6, 6.07) is 4.61. The van der Waals surface area contributed by atoms with Gasteiger partial charge in [0.25, 0.3) is 0 Å². The largest absolute Gasteiger partial charge is 0.493 e. The fourth-order valence-corrected chi connectivity index (χ4v) is 2.56. The molecule has 0 radical (unpaired) electrons. The van der Waals surface area contributed by atoms with Gasteiger partial charge >= 0.3 is 0 Å². The molecule has 0 aliphatic carbocycles. The quantitative estimate of drug-likeness (QED) is 0.632. The lowest BCUT2D eigenvalue weighted by Crippen LogP contribution is -2.16. The molecule has 120 valence electrons. The SMILES string of the molecule is Cc1cc(CC(C)C)c(OCCC(C)C)c(C(C)(C)C)c1. The molecule has 0 aliphatic rings. The van der Waals surface area contributed by atoms with E-state index >= 15 is 0 Å². The second kappa shape index (κ2) is 7.33. The van der Waals surface area contributed by atoms with E-state index in [1.165, 1.54) is 16.7 Å². The summed E-state index contributed by atoms with van der Waals surface area (Å²) >= 11 is 0. The fraction of sp³-hybridized carbons (Fsp3) is 0.700. The molecule has 0 aliphatic heterocycles. The van der Waals surface area contributed by atoms with Crippen molar-refractivity contribution >= 4 is 0 Å². The van der Waals surface area contributed by atoms with Crippen LogP contribution in [-0.2, 0) is 11.8 Å². The molecule has 0 atom stereocenters. The average molecular weight is 290 g/mol. The molecular formula is C20H34O. The number of hydrogen-bond acceptors (Lipinski definition) is 1. The zero-order valence-electron chi connectivity index (χ0n) is 15.3. The van der Waals surface area contributed by atoms with Gasteiger partial charge in [0.2, 0.25) is 0 Å². The van der Waals surface area contributed by atoms with E-state index in [2.05, 4.69) is 67.5 Å². The molecule has 1 aromatic rings. The van der Waals surface area contributed by atoms with Crippen LogP contribution < -0.4 is 4.74 Å². The van der Waals surface area contributed by atoms with Crippen LogP contribution in [0.25, 0.3) is 0 Å². The molecule has 21 heavy (non-hydrogen) atoms. The van der Waals surface area contributed by atoms with Crippen molar-refractivity contribution in [3.63, 3.8) is 0 Å². The summed E-state index contributed by atoms with van der Waals surface area (Å²) in [7, 11) is 0. The monoisotopic (exact) mass is 290 g/mol. The Morgan fingerprint density at radius 3 is 2.10 bits per heavy atom. The number of rotatable bonds is 6. The van der Waals surface area contributed by atoms with Crippen molar-refractivity contribution in [3.8, 4) is 5.75 Å². The highest BCUT2D eigenvalue weighted by Crippen LogP contribution is 2.36. The summed E-state index contributed by atoms with van der Waals surface area (Å²) in [5.74, 6) is 2.47. The Hall–Kier alpha value is -0.980. The van der Waals surface area contributed by atoms with Gasteiger partial charge in [-0.25, -0.2) is 0 Å². The Kier molecular flexibility index (Phi) is 6.31. The standard InChI is InChI=1S/C20H34O/c1-14(2)9-10-21-19-17(11-15(3)4)12-16(5)13-18(19)20(6,7)8/h12-15H,9-11H2,1-8H3. The second-order valence-corrected chi connectivity index (χ2v) is 8.18. The molecule has 0 saturated carbocycles. The van der Waals surface area contributed by atoms with Crippen LogP contribution in [0.5, 0.6) is 5.75 Å². The van der Waals surface area contributed by atoms with Gasteiger partial charge in [0.1, 0.15) is 5.75 Å². The molecular weight excluding hydrogens is 256 g/mol. The minimum atomic E-state index is 0.116. The maximum atomic E-state index is 6.26. The first kappa shape index (κ1) is 18.1. The summed E-state index contributed by atoms with van der Waals surface area (Å²) in [4.78, 5) is 0. The predicted molar refractivity (Wildman–Crippen MR) is 93.4 cm³/mol. The molecule has 0 N–H and O–H groups in total. The van der Waals surface area contributed by atoms with E-state index in [1.54, 1.807) is 0 Å². The molecule has 0 aromatic heterocycles. The lowest BCUT2D eigenvalue weighted by atomic mass is 9.83. The molecule has 0 bridgehead atoms. The van der Waals surface area contributed by atoms with Crippen LogP contribution in [0, 0.1) is 18.8 Å². The van der Waals surface area contributed by atoms with E-state index in [9.17, 15) is 0 Å². The zero-order chi connectivity index (χ0) is 16.2. The molecule has 0 heterocycles. The van der Waals surface area contributed by atoms with Crippen molar-refractivity contribution in [3.05, 3.63) is 28.8 Å². The van der Waals surface area contributed by atoms with Crippen LogP contribution in [0.4, 0.5) is 0 Å². The van der Waals surface area contributed by atoms with Crippen LogP contribution in [0.1, 0.15) is 71.6 Å². The molecule has 1 nitrogen and oxygen atoms in total. The van der Waals surface area contributed by atoms with Gasteiger partial charge in [0, 0.05) is 5.56 Å². The topological polar surface area (TPSA) is 9.23 Å². The Morgan fingerprint density at radius 2 is 1.62 bits per heavy atom. The van der Waals surface area contributed by atoms with Gasteiger partial charge in [-0.05, 0) is 42.6 Å². The lowest BCUT2D eigenvalue weighted by molar-refractivity contribution is 0.279. The summed E-state index contributed by atoms with van der Waals surface area (Å²) in [6.45, 7) is 18.9. The first-order valence-electron chi connectivity index (χ1n) is 8.38. The Bertz CT molecular complexity index is 450. The van der Waals surface area contributed by atoms with Gasteiger partial charge in [-0.15, -0.1) is 0 Å². The smallest absolute Gasteiger partial charge is 0.126 e. The van der Waals surface area contributed by atoms with Crippen molar-refractivity contribution in [2.24, 2.45) is 11.8 Å². The van der Waals surface area contributed by atoms with Crippen LogP contribution in [0.2, 0.25) is 0 Å². The zero-order valence-corrected chi connectivity index (χ0v) is 15.3. The van der Waals surface area contributed by atoms with E-state index in [1.807, 2.05) is 0 Å².